The molecule has 1 N–H and O–H groups in total. The van der Waals surface area contributed by atoms with Crippen LogP contribution in [0.1, 0.15) is 84.6 Å². The van der Waals surface area contributed by atoms with Crippen LogP contribution < -0.4 is 0 Å². The lowest BCUT2D eigenvalue weighted by Gasteiger charge is -2.22. The molecule has 8 rings (SSSR count). The first-order valence-corrected chi connectivity index (χ1v) is 20.2. The van der Waals surface area contributed by atoms with Crippen LogP contribution in [0.2, 0.25) is 0 Å². The molecule has 8 aromatic rings. The van der Waals surface area contributed by atoms with Gasteiger partial charge in [0.05, 0.1) is 33.7 Å². The minimum Gasteiger partial charge on any atom is -0.353 e. The molecule has 0 spiro atoms. The van der Waals surface area contributed by atoms with Crippen molar-refractivity contribution in [1.82, 2.24) is 15.0 Å². The molecule has 0 aliphatic carbocycles. The van der Waals surface area contributed by atoms with E-state index in [1.165, 1.54) is 5.56 Å². The Labute approximate surface area is 345 Å². The molecule has 0 atom stereocenters. The zero-order valence-electron chi connectivity index (χ0n) is 35.2. The largest absolute Gasteiger partial charge is 0.418 e. The summed E-state index contributed by atoms with van der Waals surface area (Å²) in [5.41, 5.74) is 11.4. The van der Waals surface area contributed by atoms with Gasteiger partial charge in [0.1, 0.15) is 0 Å². The minimum absolute atomic E-state index is 0.0408. The molecule has 3 aromatic heterocycles. The fraction of sp³-hybridized carbons (Fsp3) is 0.245. The predicted octanol–water partition coefficient (Wildman–Crippen LogP) is 15.4. The summed E-state index contributed by atoms with van der Waals surface area (Å²) >= 11 is 0. The average Bonchev–Trinajstić information content (AvgIpc) is 3.58. The molecular weight excluding hydrogens is 736 g/mol. The van der Waals surface area contributed by atoms with Gasteiger partial charge in [-0.3, -0.25) is 4.98 Å². The maximum absolute atomic E-state index is 14.5. The van der Waals surface area contributed by atoms with Gasteiger partial charge < -0.3 is 4.98 Å². The highest BCUT2D eigenvalue weighted by Crippen LogP contribution is 2.45. The molecule has 0 radical (unpaired) electrons. The van der Waals surface area contributed by atoms with Crippen molar-refractivity contribution < 1.29 is 13.2 Å². The quantitative estimate of drug-likeness (QED) is 0.189. The number of halogens is 3. The zero-order valence-corrected chi connectivity index (χ0v) is 35.2. The number of aromatic amines is 1. The third kappa shape index (κ3) is 7.81. The topological polar surface area (TPSA) is 41.6 Å². The number of nitrogens with one attached hydrogen (secondary N) is 1. The first kappa shape index (κ1) is 39.8. The van der Waals surface area contributed by atoms with Gasteiger partial charge in [-0.1, -0.05) is 141 Å². The highest BCUT2D eigenvalue weighted by Gasteiger charge is 2.35. The number of nitrogens with zero attached hydrogens (tertiary/aromatic N) is 2. The lowest BCUT2D eigenvalue weighted by Crippen LogP contribution is -2.12. The van der Waals surface area contributed by atoms with Crippen LogP contribution in [0.3, 0.4) is 0 Å². The third-order valence-corrected chi connectivity index (χ3v) is 11.4. The van der Waals surface area contributed by atoms with E-state index in [1.807, 2.05) is 6.07 Å². The zero-order chi connectivity index (χ0) is 42.1. The van der Waals surface area contributed by atoms with Crippen molar-refractivity contribution in [2.24, 2.45) is 0 Å². The normalized spacial score (nSPS) is 12.7. The van der Waals surface area contributed by atoms with Crippen LogP contribution in [0.5, 0.6) is 0 Å². The maximum Gasteiger partial charge on any atom is 0.418 e. The Balaban J connectivity index is 1.45. The van der Waals surface area contributed by atoms with E-state index in [-0.39, 0.29) is 21.8 Å². The Kier molecular flexibility index (Phi) is 9.69. The molecule has 0 aliphatic rings. The molecule has 0 aliphatic heterocycles. The second-order valence-corrected chi connectivity index (χ2v) is 18.8. The van der Waals surface area contributed by atoms with Crippen LogP contribution in [-0.2, 0) is 22.4 Å². The summed E-state index contributed by atoms with van der Waals surface area (Å²) < 4.78 is 43.5. The molecule has 0 saturated heterocycles. The van der Waals surface area contributed by atoms with Gasteiger partial charge in [-0.25, -0.2) is 4.98 Å². The maximum atomic E-state index is 14.5. The number of hydrogen-bond donors (Lipinski definition) is 1. The molecule has 0 amide bonds. The highest BCUT2D eigenvalue weighted by molar-refractivity contribution is 6.16. The van der Waals surface area contributed by atoms with Crippen LogP contribution in [0.15, 0.2) is 134 Å². The Hall–Kier alpha value is -6.01. The summed E-state index contributed by atoms with van der Waals surface area (Å²) in [4.78, 5) is 13.8. The van der Waals surface area contributed by atoms with Gasteiger partial charge in [0.2, 0.25) is 0 Å². The van der Waals surface area contributed by atoms with Gasteiger partial charge in [0, 0.05) is 33.7 Å². The Morgan fingerprint density at radius 3 is 1.47 bits per heavy atom. The van der Waals surface area contributed by atoms with Crippen LogP contribution >= 0.6 is 0 Å². The molecule has 3 nitrogen and oxygen atoms in total. The molecular formula is C53H50F3N3. The monoisotopic (exact) mass is 785 g/mol. The number of alkyl halides is 3. The molecule has 6 heteroatoms. The molecule has 0 saturated carbocycles. The lowest BCUT2D eigenvalue weighted by molar-refractivity contribution is -0.137. The number of H-pyrrole nitrogens is 1. The number of benzene rings is 5. The van der Waals surface area contributed by atoms with Crippen molar-refractivity contribution in [2.45, 2.75) is 84.7 Å². The smallest absolute Gasteiger partial charge is 0.353 e. The molecule has 298 valence electrons. The number of hydrogen-bond acceptors (Lipinski definition) is 2. The van der Waals surface area contributed by atoms with Gasteiger partial charge in [-0.05, 0) is 104 Å². The summed E-state index contributed by atoms with van der Waals surface area (Å²) in [7, 11) is 0. The van der Waals surface area contributed by atoms with E-state index in [9.17, 15) is 13.2 Å². The van der Waals surface area contributed by atoms with E-state index in [2.05, 4.69) is 157 Å². The van der Waals surface area contributed by atoms with Gasteiger partial charge in [0.15, 0.2) is 0 Å². The molecule has 5 aromatic carbocycles. The van der Waals surface area contributed by atoms with E-state index in [4.69, 9.17) is 4.98 Å². The Bertz CT molecular complexity index is 2850. The Morgan fingerprint density at radius 1 is 0.424 bits per heavy atom. The first-order chi connectivity index (χ1) is 27.8. The van der Waals surface area contributed by atoms with Crippen LogP contribution in [0.4, 0.5) is 13.2 Å². The van der Waals surface area contributed by atoms with Crippen LogP contribution in [0, 0.1) is 0 Å². The van der Waals surface area contributed by atoms with Crippen molar-refractivity contribution in [1.29, 1.82) is 0 Å². The molecule has 3 heterocycles. The second-order valence-electron chi connectivity index (χ2n) is 18.8. The van der Waals surface area contributed by atoms with E-state index < -0.39 is 11.7 Å². The van der Waals surface area contributed by atoms with Crippen molar-refractivity contribution in [3.05, 3.63) is 156 Å². The number of fused-ring (bicyclic) bond motifs is 3. The number of rotatable bonds is 5. The van der Waals surface area contributed by atoms with Crippen molar-refractivity contribution >= 4 is 21.8 Å². The summed E-state index contributed by atoms with van der Waals surface area (Å²) in [6.45, 7) is 19.8. The standard InChI is InChI=1S/C53H50F3N3/c1-50(2,3)36-22-16-21-34(23-36)45-24-35(32-17-12-10-13-18-32)25-47(58-45)43-29-38(52(7,8)9)27-41-40-26-37(51(4,5)6)28-42(48(40)59-49(41)43)46-30-39(33-19-14-11-15-20-33)44(31-57-46)53(54,55)56/h10-31,59H,1-9H3. The predicted molar refractivity (Wildman–Crippen MR) is 240 cm³/mol. The van der Waals surface area contributed by atoms with E-state index in [0.29, 0.717) is 11.3 Å². The first-order valence-electron chi connectivity index (χ1n) is 20.2. The average molecular weight is 786 g/mol. The van der Waals surface area contributed by atoms with Crippen LogP contribution in [0.25, 0.3) is 77.8 Å². The van der Waals surface area contributed by atoms with Gasteiger partial charge in [-0.15, -0.1) is 0 Å². The van der Waals surface area contributed by atoms with Crippen LogP contribution in [-0.4, -0.2) is 15.0 Å². The molecule has 59 heavy (non-hydrogen) atoms. The SMILES string of the molecule is CC(C)(C)c1cccc(-c2cc(-c3ccccc3)cc(-c3cc(C(C)(C)C)cc4c3[nH]c3c(-c5cc(-c6ccccc6)c(C(F)(F)F)cn5)cc(C(C)(C)C)cc34)n2)c1. The van der Waals surface area contributed by atoms with E-state index in [0.717, 1.165) is 78.3 Å². The summed E-state index contributed by atoms with van der Waals surface area (Å²) in [5, 5.41) is 2.00. The fourth-order valence-corrected chi connectivity index (χ4v) is 7.82. The summed E-state index contributed by atoms with van der Waals surface area (Å²) in [6.07, 6.45) is -3.60. The fourth-order valence-electron chi connectivity index (χ4n) is 7.82. The van der Waals surface area contributed by atoms with Gasteiger partial charge >= 0.3 is 6.18 Å². The van der Waals surface area contributed by atoms with Crippen molar-refractivity contribution in [2.75, 3.05) is 0 Å². The molecule has 0 bridgehead atoms. The Morgan fingerprint density at radius 2 is 0.932 bits per heavy atom. The van der Waals surface area contributed by atoms with Gasteiger partial charge in [0.25, 0.3) is 0 Å². The second kappa shape index (κ2) is 14.4. The van der Waals surface area contributed by atoms with Crippen molar-refractivity contribution in [3.8, 4) is 56.0 Å². The number of aromatic nitrogens is 3. The molecule has 0 unspecified atom stereocenters. The number of pyridine rings is 2. The van der Waals surface area contributed by atoms with E-state index in [1.54, 1.807) is 36.4 Å². The lowest BCUT2D eigenvalue weighted by atomic mass is 9.83. The van der Waals surface area contributed by atoms with Gasteiger partial charge in [-0.2, -0.15) is 13.2 Å². The third-order valence-electron chi connectivity index (χ3n) is 11.4. The molecule has 0 fully saturated rings. The van der Waals surface area contributed by atoms with E-state index >= 15 is 0 Å². The summed E-state index contributed by atoms with van der Waals surface area (Å²) in [5.74, 6) is 0. The minimum atomic E-state index is -4.58. The summed E-state index contributed by atoms with van der Waals surface area (Å²) in [6, 6.07) is 42.5. The van der Waals surface area contributed by atoms with Crippen molar-refractivity contribution in [3.63, 3.8) is 0 Å². The highest BCUT2D eigenvalue weighted by atomic mass is 19.4.